The van der Waals surface area contributed by atoms with Crippen molar-refractivity contribution < 1.29 is 19.8 Å². The summed E-state index contributed by atoms with van der Waals surface area (Å²) in [6, 6.07) is -1.06. The first-order valence-electron chi connectivity index (χ1n) is 2.74. The van der Waals surface area contributed by atoms with Gasteiger partial charge in [0.15, 0.2) is 0 Å². The van der Waals surface area contributed by atoms with Crippen molar-refractivity contribution >= 4 is 37.8 Å². The number of rotatable bonds is 4. The molecule has 0 aliphatic rings. The standard InChI is InChI=1S/C5H9NO4.In.3H/c6-3(5(9)10)1-2-4(7)8;;;;/h3H,1-2,6H2,(H,7,8)(H,9,10);;;;. The van der Waals surface area contributed by atoms with Gasteiger partial charge in [0.05, 0.1) is 0 Å². The van der Waals surface area contributed by atoms with Gasteiger partial charge in [-0.3, -0.25) is 9.59 Å². The number of hydrogen-bond acceptors (Lipinski definition) is 3. The van der Waals surface area contributed by atoms with E-state index in [1.54, 1.807) is 0 Å². The summed E-state index contributed by atoms with van der Waals surface area (Å²) in [6.07, 6.45) is -0.224. The molecule has 0 saturated carbocycles. The van der Waals surface area contributed by atoms with Gasteiger partial charge in [0.1, 0.15) is 6.04 Å². The zero-order valence-electron chi connectivity index (χ0n) is 5.28. The van der Waals surface area contributed by atoms with Gasteiger partial charge in [0.25, 0.3) is 0 Å². The Labute approximate surface area is 82.4 Å². The SMILES string of the molecule is NC(CCC(=O)O)C(=O)O.[InH3]. The van der Waals surface area contributed by atoms with Gasteiger partial charge in [-0.2, -0.15) is 0 Å². The predicted molar refractivity (Wildman–Crippen MR) is 42.4 cm³/mol. The molecule has 0 rings (SSSR count). The summed E-state index contributed by atoms with van der Waals surface area (Å²) in [6.45, 7) is 0. The van der Waals surface area contributed by atoms with Crippen LogP contribution >= 0.6 is 0 Å². The van der Waals surface area contributed by atoms with Crippen LogP contribution in [0, 0.1) is 0 Å². The number of aliphatic carboxylic acids is 2. The molecule has 0 fully saturated rings. The van der Waals surface area contributed by atoms with Crippen molar-refractivity contribution in [1.82, 2.24) is 0 Å². The molecule has 4 N–H and O–H groups in total. The Hall–Kier alpha value is -0.230. The van der Waals surface area contributed by atoms with Crippen LogP contribution in [-0.2, 0) is 9.59 Å². The van der Waals surface area contributed by atoms with E-state index in [1.165, 1.54) is 0 Å². The van der Waals surface area contributed by atoms with Gasteiger partial charge >= 0.3 is 37.8 Å². The summed E-state index contributed by atoms with van der Waals surface area (Å²) in [5.41, 5.74) is 5.00. The minimum atomic E-state index is -1.17. The van der Waals surface area contributed by atoms with Crippen LogP contribution in [-0.4, -0.2) is 54.0 Å². The van der Waals surface area contributed by atoms with Gasteiger partial charge in [-0.15, -0.1) is 0 Å². The predicted octanol–water partition coefficient (Wildman–Crippen LogP) is -1.92. The zero-order chi connectivity index (χ0) is 8.15. The molecule has 0 heterocycles. The number of carboxylic acids is 2. The molecule has 0 radical (unpaired) electrons. The molecule has 11 heavy (non-hydrogen) atoms. The van der Waals surface area contributed by atoms with Gasteiger partial charge in [-0.05, 0) is 6.42 Å². The van der Waals surface area contributed by atoms with E-state index in [1.807, 2.05) is 0 Å². The summed E-state index contributed by atoms with van der Waals surface area (Å²) in [4.78, 5) is 19.9. The van der Waals surface area contributed by atoms with Crippen molar-refractivity contribution in [2.75, 3.05) is 0 Å². The molecule has 1 unspecified atom stereocenters. The minimum absolute atomic E-state index is 0. The van der Waals surface area contributed by atoms with E-state index in [9.17, 15) is 9.59 Å². The van der Waals surface area contributed by atoms with Crippen LogP contribution in [0.1, 0.15) is 12.8 Å². The second-order valence-corrected chi connectivity index (χ2v) is 1.88. The van der Waals surface area contributed by atoms with Crippen molar-refractivity contribution in [3.8, 4) is 0 Å². The Kier molecular flexibility index (Phi) is 7.87. The van der Waals surface area contributed by atoms with Crippen LogP contribution in [0.2, 0.25) is 0 Å². The molecule has 0 aromatic carbocycles. The average molecular weight is 265 g/mol. The Morgan fingerprint density at radius 3 is 2.09 bits per heavy atom. The van der Waals surface area contributed by atoms with E-state index in [2.05, 4.69) is 0 Å². The van der Waals surface area contributed by atoms with E-state index in [4.69, 9.17) is 15.9 Å². The van der Waals surface area contributed by atoms with Crippen LogP contribution in [0.15, 0.2) is 0 Å². The van der Waals surface area contributed by atoms with Gasteiger partial charge in [-0.1, -0.05) is 0 Å². The van der Waals surface area contributed by atoms with Crippen molar-refractivity contribution in [1.29, 1.82) is 0 Å². The third kappa shape index (κ3) is 7.67. The number of nitrogens with two attached hydrogens (primary N) is 1. The van der Waals surface area contributed by atoms with E-state index in [0.29, 0.717) is 0 Å². The molecule has 5 nitrogen and oxygen atoms in total. The first-order chi connectivity index (χ1) is 4.54. The number of carbonyl (C=O) groups is 2. The first kappa shape index (κ1) is 13.4. The van der Waals surface area contributed by atoms with Crippen molar-refractivity contribution in [2.45, 2.75) is 18.9 Å². The second-order valence-electron chi connectivity index (χ2n) is 1.88. The molecule has 1 atom stereocenters. The van der Waals surface area contributed by atoms with Crippen LogP contribution < -0.4 is 5.73 Å². The summed E-state index contributed by atoms with van der Waals surface area (Å²) in [5.74, 6) is -2.20. The van der Waals surface area contributed by atoms with Crippen LogP contribution in [0.4, 0.5) is 0 Å². The fourth-order valence-corrected chi connectivity index (χ4v) is 0.402. The van der Waals surface area contributed by atoms with Gasteiger partial charge in [0, 0.05) is 6.42 Å². The van der Waals surface area contributed by atoms with E-state index < -0.39 is 18.0 Å². The Morgan fingerprint density at radius 1 is 1.36 bits per heavy atom. The average Bonchev–Trinajstić information content (AvgIpc) is 1.82. The quantitative estimate of drug-likeness (QED) is 0.550. The summed E-state index contributed by atoms with van der Waals surface area (Å²) < 4.78 is 0. The van der Waals surface area contributed by atoms with Crippen LogP contribution in [0.25, 0.3) is 0 Å². The van der Waals surface area contributed by atoms with Crippen molar-refractivity contribution in [2.24, 2.45) is 5.73 Å². The monoisotopic (exact) mass is 265 g/mol. The van der Waals surface area contributed by atoms with Crippen molar-refractivity contribution in [3.05, 3.63) is 0 Å². The fourth-order valence-electron chi connectivity index (χ4n) is 0.402. The third-order valence-corrected chi connectivity index (χ3v) is 0.986. The molecule has 0 amide bonds. The first-order valence-corrected chi connectivity index (χ1v) is 2.74. The Bertz CT molecular complexity index is 149. The third-order valence-electron chi connectivity index (χ3n) is 0.986. The second kappa shape index (κ2) is 6.48. The van der Waals surface area contributed by atoms with E-state index >= 15 is 0 Å². The zero-order valence-corrected chi connectivity index (χ0v) is 5.28. The van der Waals surface area contributed by atoms with E-state index in [-0.39, 0.29) is 38.7 Å². The fraction of sp³-hybridized carbons (Fsp3) is 0.600. The molecule has 0 bridgehead atoms. The molecular weight excluding hydrogens is 253 g/mol. The number of carboxylic acid groups (broad SMARTS) is 2. The van der Waals surface area contributed by atoms with Gasteiger partial charge in [0.2, 0.25) is 0 Å². The molecule has 64 valence electrons. The molecule has 0 aliphatic carbocycles. The normalized spacial score (nSPS) is 11.4. The van der Waals surface area contributed by atoms with E-state index in [0.717, 1.165) is 0 Å². The van der Waals surface area contributed by atoms with Crippen LogP contribution in [0.3, 0.4) is 0 Å². The Balaban J connectivity index is 0. The molecule has 0 spiro atoms. The Morgan fingerprint density at radius 2 is 1.82 bits per heavy atom. The molecule has 0 saturated heterocycles. The topological polar surface area (TPSA) is 101 Å². The maximum absolute atomic E-state index is 9.99. The van der Waals surface area contributed by atoms with Crippen molar-refractivity contribution in [3.63, 3.8) is 0 Å². The molecule has 0 aliphatic heterocycles. The van der Waals surface area contributed by atoms with Gasteiger partial charge < -0.3 is 15.9 Å². The molecule has 0 aromatic heterocycles. The molecular formula is C5H12InNO4. The number of hydrogen-bond donors (Lipinski definition) is 3. The summed E-state index contributed by atoms with van der Waals surface area (Å²) in [7, 11) is 0. The molecule has 0 aromatic rings. The summed E-state index contributed by atoms with van der Waals surface area (Å²) in [5, 5.41) is 16.3. The molecule has 6 heteroatoms. The van der Waals surface area contributed by atoms with Crippen LogP contribution in [0.5, 0.6) is 0 Å². The summed E-state index contributed by atoms with van der Waals surface area (Å²) >= 11 is 0. The maximum atomic E-state index is 9.99. The van der Waals surface area contributed by atoms with Gasteiger partial charge in [-0.25, -0.2) is 0 Å².